The molecule has 1 aromatic carbocycles. The molecule has 0 bridgehead atoms. The van der Waals surface area contributed by atoms with Gasteiger partial charge in [0.25, 0.3) is 0 Å². The van der Waals surface area contributed by atoms with Crippen LogP contribution in [-0.4, -0.2) is 24.8 Å². The zero-order chi connectivity index (χ0) is 17.7. The van der Waals surface area contributed by atoms with Gasteiger partial charge in [0, 0.05) is 11.1 Å². The lowest BCUT2D eigenvalue weighted by Crippen LogP contribution is -2.07. The number of nitrogens with two attached hydrogens (primary N) is 1. The molecule has 8 heteroatoms. The van der Waals surface area contributed by atoms with E-state index in [1.54, 1.807) is 6.07 Å². The maximum atomic E-state index is 14.1. The van der Waals surface area contributed by atoms with Crippen LogP contribution in [0.2, 0.25) is 0 Å². The third kappa shape index (κ3) is 2.54. The molecule has 1 atom stereocenters. The molecular formula is C17H16F2N4O2. The summed E-state index contributed by atoms with van der Waals surface area (Å²) in [7, 11) is 0. The van der Waals surface area contributed by atoms with Gasteiger partial charge >= 0.3 is 0 Å². The Morgan fingerprint density at radius 1 is 1.24 bits per heavy atom. The third-order valence-corrected chi connectivity index (χ3v) is 4.59. The molecule has 0 aliphatic heterocycles. The number of rotatable bonds is 4. The number of benzene rings is 1. The van der Waals surface area contributed by atoms with E-state index in [2.05, 4.69) is 10.1 Å². The molecule has 1 unspecified atom stereocenters. The van der Waals surface area contributed by atoms with E-state index in [0.29, 0.717) is 16.8 Å². The van der Waals surface area contributed by atoms with Gasteiger partial charge < -0.3 is 15.9 Å². The van der Waals surface area contributed by atoms with Crippen LogP contribution in [0.25, 0.3) is 16.6 Å². The van der Waals surface area contributed by atoms with Gasteiger partial charge in [0.05, 0.1) is 18.4 Å². The van der Waals surface area contributed by atoms with E-state index in [0.717, 1.165) is 25.0 Å². The fraction of sp³-hybridized carbons (Fsp3) is 0.294. The fourth-order valence-corrected chi connectivity index (χ4v) is 3.09. The highest BCUT2D eigenvalue weighted by atomic mass is 19.1. The number of fused-ring (bicyclic) bond motifs is 1. The van der Waals surface area contributed by atoms with E-state index < -0.39 is 29.9 Å². The zero-order valence-corrected chi connectivity index (χ0v) is 13.2. The molecule has 2 heterocycles. The number of anilines is 1. The molecule has 25 heavy (non-hydrogen) atoms. The van der Waals surface area contributed by atoms with Crippen molar-refractivity contribution in [3.63, 3.8) is 0 Å². The van der Waals surface area contributed by atoms with E-state index in [9.17, 15) is 13.9 Å². The number of nitrogen functional groups attached to an aromatic ring is 1. The molecule has 2 aromatic heterocycles. The van der Waals surface area contributed by atoms with E-state index in [-0.39, 0.29) is 17.3 Å². The first-order chi connectivity index (χ1) is 12.0. The highest BCUT2D eigenvalue weighted by Gasteiger charge is 2.34. The summed E-state index contributed by atoms with van der Waals surface area (Å²) in [5.74, 6) is -1.41. The Bertz CT molecular complexity index is 946. The number of aliphatic hydroxyl groups excluding tert-OH is 2. The average molecular weight is 346 g/mol. The minimum absolute atomic E-state index is 0.145. The Morgan fingerprint density at radius 3 is 2.52 bits per heavy atom. The van der Waals surface area contributed by atoms with Crippen molar-refractivity contribution in [3.8, 4) is 11.1 Å². The van der Waals surface area contributed by atoms with Crippen LogP contribution in [0.5, 0.6) is 0 Å². The minimum atomic E-state index is -0.850. The van der Waals surface area contributed by atoms with Crippen LogP contribution in [0.15, 0.2) is 24.5 Å². The predicted molar refractivity (Wildman–Crippen MR) is 86.4 cm³/mol. The van der Waals surface area contributed by atoms with Gasteiger partial charge in [-0.1, -0.05) is 0 Å². The summed E-state index contributed by atoms with van der Waals surface area (Å²) >= 11 is 0. The summed E-state index contributed by atoms with van der Waals surface area (Å²) in [5, 5.41) is 23.7. The van der Waals surface area contributed by atoms with Gasteiger partial charge in [-0.15, -0.1) is 0 Å². The standard InChI is InChI=1S/C17H16F2N4O2/c18-12-3-9(4-13(19)11(12)6-24)10-5-14(16(25)8-1-2-8)23-15(10)17(20)21-7-22-23/h3-5,7-8,16,24-25H,1-2,6H2,(H2,20,21,22). The number of halogens is 2. The second-order valence-electron chi connectivity index (χ2n) is 6.25. The van der Waals surface area contributed by atoms with Crippen LogP contribution >= 0.6 is 0 Å². The van der Waals surface area contributed by atoms with Gasteiger partial charge in [-0.25, -0.2) is 18.3 Å². The Morgan fingerprint density at radius 2 is 1.92 bits per heavy atom. The van der Waals surface area contributed by atoms with Crippen molar-refractivity contribution < 1.29 is 19.0 Å². The van der Waals surface area contributed by atoms with E-state index in [1.165, 1.54) is 10.8 Å². The zero-order valence-electron chi connectivity index (χ0n) is 13.2. The first-order valence-electron chi connectivity index (χ1n) is 7.90. The van der Waals surface area contributed by atoms with Crippen molar-refractivity contribution in [2.45, 2.75) is 25.6 Å². The van der Waals surface area contributed by atoms with Gasteiger partial charge in [-0.2, -0.15) is 5.10 Å². The van der Waals surface area contributed by atoms with Crippen molar-refractivity contribution in [2.24, 2.45) is 5.92 Å². The molecule has 0 amide bonds. The quantitative estimate of drug-likeness (QED) is 0.673. The molecule has 0 radical (unpaired) electrons. The van der Waals surface area contributed by atoms with Gasteiger partial charge in [-0.05, 0) is 42.5 Å². The Balaban J connectivity index is 1.96. The Kier molecular flexibility index (Phi) is 3.66. The second-order valence-corrected chi connectivity index (χ2v) is 6.25. The van der Waals surface area contributed by atoms with Crippen molar-refractivity contribution in [2.75, 3.05) is 5.73 Å². The number of hydrogen-bond donors (Lipinski definition) is 3. The molecule has 0 saturated heterocycles. The van der Waals surface area contributed by atoms with Gasteiger partial charge in [-0.3, -0.25) is 0 Å². The SMILES string of the molecule is Nc1ncnn2c(C(O)C3CC3)cc(-c3cc(F)c(CO)c(F)c3)c12. The predicted octanol–water partition coefficient (Wildman–Crippen LogP) is 2.19. The van der Waals surface area contributed by atoms with Crippen molar-refractivity contribution in [1.29, 1.82) is 0 Å². The van der Waals surface area contributed by atoms with E-state index in [4.69, 9.17) is 10.8 Å². The molecule has 1 saturated carbocycles. The molecule has 4 rings (SSSR count). The lowest BCUT2D eigenvalue weighted by molar-refractivity contribution is 0.147. The molecule has 6 nitrogen and oxygen atoms in total. The lowest BCUT2D eigenvalue weighted by atomic mass is 10.0. The van der Waals surface area contributed by atoms with Crippen LogP contribution in [-0.2, 0) is 6.61 Å². The average Bonchev–Trinajstić information content (AvgIpc) is 3.34. The minimum Gasteiger partial charge on any atom is -0.391 e. The Hall–Kier alpha value is -2.58. The van der Waals surface area contributed by atoms with E-state index in [1.807, 2.05) is 0 Å². The molecule has 1 aliphatic rings. The fourth-order valence-electron chi connectivity index (χ4n) is 3.09. The van der Waals surface area contributed by atoms with Gasteiger partial charge in [0.1, 0.15) is 23.5 Å². The smallest absolute Gasteiger partial charge is 0.151 e. The topological polar surface area (TPSA) is 96.7 Å². The van der Waals surface area contributed by atoms with Gasteiger partial charge in [0.2, 0.25) is 0 Å². The van der Waals surface area contributed by atoms with Crippen molar-refractivity contribution >= 4 is 11.3 Å². The van der Waals surface area contributed by atoms with Crippen LogP contribution < -0.4 is 5.73 Å². The molecular weight excluding hydrogens is 330 g/mol. The maximum Gasteiger partial charge on any atom is 0.151 e. The summed E-state index contributed by atoms with van der Waals surface area (Å²) in [6.45, 7) is -0.731. The monoisotopic (exact) mass is 346 g/mol. The number of nitrogens with zero attached hydrogens (tertiary/aromatic N) is 3. The van der Waals surface area contributed by atoms with Crippen molar-refractivity contribution in [1.82, 2.24) is 14.6 Å². The van der Waals surface area contributed by atoms with Crippen LogP contribution in [0.3, 0.4) is 0 Å². The molecule has 130 valence electrons. The summed E-state index contributed by atoms with van der Waals surface area (Å²) in [6.07, 6.45) is 2.37. The molecule has 0 spiro atoms. The number of hydrogen-bond acceptors (Lipinski definition) is 5. The number of aromatic nitrogens is 3. The Labute approximate surface area is 141 Å². The largest absolute Gasteiger partial charge is 0.391 e. The van der Waals surface area contributed by atoms with Crippen LogP contribution in [0.1, 0.15) is 30.2 Å². The van der Waals surface area contributed by atoms with Crippen LogP contribution in [0, 0.1) is 17.6 Å². The molecule has 1 fully saturated rings. The van der Waals surface area contributed by atoms with Crippen LogP contribution in [0.4, 0.5) is 14.6 Å². The summed E-state index contributed by atoms with van der Waals surface area (Å²) < 4.78 is 29.6. The molecule has 1 aliphatic carbocycles. The van der Waals surface area contributed by atoms with Crippen molar-refractivity contribution in [3.05, 3.63) is 47.4 Å². The molecule has 4 N–H and O–H groups in total. The molecule has 3 aromatic rings. The summed E-state index contributed by atoms with van der Waals surface area (Å²) in [6, 6.07) is 3.89. The summed E-state index contributed by atoms with van der Waals surface area (Å²) in [5.41, 5.74) is 7.11. The number of aliphatic hydroxyl groups is 2. The first kappa shape index (κ1) is 15.9. The van der Waals surface area contributed by atoms with Gasteiger partial charge in [0.15, 0.2) is 5.82 Å². The lowest BCUT2D eigenvalue weighted by Gasteiger charge is -2.08. The highest BCUT2D eigenvalue weighted by molar-refractivity contribution is 5.88. The highest BCUT2D eigenvalue weighted by Crippen LogP contribution is 2.43. The normalized spacial score (nSPS) is 15.7. The maximum absolute atomic E-state index is 14.1. The first-order valence-corrected chi connectivity index (χ1v) is 7.90. The second kappa shape index (κ2) is 5.75. The summed E-state index contributed by atoms with van der Waals surface area (Å²) in [4.78, 5) is 3.94. The van der Waals surface area contributed by atoms with E-state index >= 15 is 0 Å². The third-order valence-electron chi connectivity index (χ3n) is 4.59.